The lowest BCUT2D eigenvalue weighted by molar-refractivity contribution is -0.125. The van der Waals surface area contributed by atoms with Crippen molar-refractivity contribution in [3.63, 3.8) is 0 Å². The predicted molar refractivity (Wildman–Crippen MR) is 147 cm³/mol. The first kappa shape index (κ1) is 24.8. The third kappa shape index (κ3) is 5.62. The Labute approximate surface area is 221 Å². The van der Waals surface area contributed by atoms with Crippen molar-refractivity contribution in [1.82, 2.24) is 15.2 Å². The number of fused-ring (bicyclic) bond motifs is 1. The molecule has 3 aromatic rings. The third-order valence-electron chi connectivity index (χ3n) is 6.68. The molecule has 190 valence electrons. The number of urea groups is 1. The standard InChI is InChI=1S/C29H29ClN4O3/c1-3-18-15-26-23(17-22(18)19-10-13-34(14-11-19)28(35)4-2)27(9-12-31-26)37-21-7-8-25(24(30)16-21)33-29(36)32-20-5-6-20/h4,7-10,12,15-17,20H,2-3,5-6,11,13-14H2,1H3,(H2,32,33,36). The number of carbonyl (C=O) groups is 2. The molecule has 2 heterocycles. The number of halogens is 1. The number of rotatable bonds is 7. The number of aryl methyl sites for hydroxylation is 1. The van der Waals surface area contributed by atoms with Gasteiger partial charge in [-0.2, -0.15) is 0 Å². The molecule has 0 radical (unpaired) electrons. The van der Waals surface area contributed by atoms with E-state index in [0.717, 1.165) is 42.1 Å². The molecule has 37 heavy (non-hydrogen) atoms. The largest absolute Gasteiger partial charge is 0.457 e. The Balaban J connectivity index is 1.41. The summed E-state index contributed by atoms with van der Waals surface area (Å²) in [6, 6.07) is 11.3. The first-order chi connectivity index (χ1) is 17.9. The van der Waals surface area contributed by atoms with Crippen LogP contribution in [0, 0.1) is 0 Å². The first-order valence-corrected chi connectivity index (χ1v) is 12.9. The summed E-state index contributed by atoms with van der Waals surface area (Å²) in [6.07, 6.45) is 8.87. The van der Waals surface area contributed by atoms with Crippen LogP contribution >= 0.6 is 11.6 Å². The van der Waals surface area contributed by atoms with Gasteiger partial charge in [0.1, 0.15) is 11.5 Å². The Morgan fingerprint density at radius 1 is 1.24 bits per heavy atom. The van der Waals surface area contributed by atoms with Crippen LogP contribution in [-0.2, 0) is 11.2 Å². The van der Waals surface area contributed by atoms with Gasteiger partial charge in [0.25, 0.3) is 0 Å². The molecule has 1 aliphatic heterocycles. The summed E-state index contributed by atoms with van der Waals surface area (Å²) in [4.78, 5) is 30.4. The summed E-state index contributed by atoms with van der Waals surface area (Å²) in [6.45, 7) is 6.94. The normalized spacial score (nSPS) is 15.2. The molecular weight excluding hydrogens is 488 g/mol. The average Bonchev–Trinajstić information content (AvgIpc) is 3.73. The summed E-state index contributed by atoms with van der Waals surface area (Å²) < 4.78 is 6.25. The molecule has 2 aliphatic rings. The van der Waals surface area contributed by atoms with E-state index in [4.69, 9.17) is 16.3 Å². The lowest BCUT2D eigenvalue weighted by Gasteiger charge is -2.26. The number of anilines is 1. The molecule has 2 aromatic carbocycles. The lowest BCUT2D eigenvalue weighted by atomic mass is 9.92. The van der Waals surface area contributed by atoms with E-state index in [9.17, 15) is 9.59 Å². The van der Waals surface area contributed by atoms with Gasteiger partial charge < -0.3 is 20.3 Å². The van der Waals surface area contributed by atoms with E-state index in [-0.39, 0.29) is 18.0 Å². The second-order valence-electron chi connectivity index (χ2n) is 9.27. The van der Waals surface area contributed by atoms with Gasteiger partial charge in [-0.25, -0.2) is 4.79 Å². The molecule has 1 saturated carbocycles. The molecule has 0 bridgehead atoms. The number of pyridine rings is 1. The van der Waals surface area contributed by atoms with Crippen molar-refractivity contribution in [2.24, 2.45) is 0 Å². The number of carbonyl (C=O) groups excluding carboxylic acids is 2. The summed E-state index contributed by atoms with van der Waals surface area (Å²) in [5, 5.41) is 6.95. The van der Waals surface area contributed by atoms with E-state index >= 15 is 0 Å². The van der Waals surface area contributed by atoms with Gasteiger partial charge in [0.2, 0.25) is 5.91 Å². The highest BCUT2D eigenvalue weighted by Crippen LogP contribution is 2.36. The van der Waals surface area contributed by atoms with Crippen LogP contribution in [0.4, 0.5) is 10.5 Å². The quantitative estimate of drug-likeness (QED) is 0.359. The molecule has 5 rings (SSSR count). The smallest absolute Gasteiger partial charge is 0.319 e. The maximum atomic E-state index is 12.1. The first-order valence-electron chi connectivity index (χ1n) is 12.5. The average molecular weight is 517 g/mol. The minimum Gasteiger partial charge on any atom is -0.457 e. The number of benzene rings is 2. The summed E-state index contributed by atoms with van der Waals surface area (Å²) in [7, 11) is 0. The van der Waals surface area contributed by atoms with Crippen LogP contribution in [0.15, 0.2) is 61.3 Å². The third-order valence-corrected chi connectivity index (χ3v) is 6.99. The fourth-order valence-corrected chi connectivity index (χ4v) is 4.71. The Morgan fingerprint density at radius 2 is 2.08 bits per heavy atom. The van der Waals surface area contributed by atoms with Crippen molar-refractivity contribution in [2.45, 2.75) is 38.6 Å². The molecule has 0 atom stereocenters. The molecule has 7 nitrogen and oxygen atoms in total. The lowest BCUT2D eigenvalue weighted by Crippen LogP contribution is -2.33. The Morgan fingerprint density at radius 3 is 2.76 bits per heavy atom. The fraction of sp³-hybridized carbons (Fsp3) is 0.276. The van der Waals surface area contributed by atoms with Crippen LogP contribution in [0.3, 0.4) is 0 Å². The van der Waals surface area contributed by atoms with E-state index in [2.05, 4.69) is 47.3 Å². The number of aromatic nitrogens is 1. The van der Waals surface area contributed by atoms with E-state index in [0.29, 0.717) is 35.3 Å². The molecule has 0 unspecified atom stereocenters. The van der Waals surface area contributed by atoms with Crippen molar-refractivity contribution in [3.8, 4) is 11.5 Å². The van der Waals surface area contributed by atoms with Gasteiger partial charge in [-0.05, 0) is 78.8 Å². The Kier molecular flexibility index (Phi) is 7.15. The van der Waals surface area contributed by atoms with Crippen molar-refractivity contribution < 1.29 is 14.3 Å². The van der Waals surface area contributed by atoms with Gasteiger partial charge in [-0.1, -0.05) is 31.2 Å². The highest BCUT2D eigenvalue weighted by Gasteiger charge is 2.23. The predicted octanol–water partition coefficient (Wildman–Crippen LogP) is 6.33. The number of hydrogen-bond donors (Lipinski definition) is 2. The van der Waals surface area contributed by atoms with E-state index in [1.54, 1.807) is 29.3 Å². The number of amides is 3. The fourth-order valence-electron chi connectivity index (χ4n) is 4.49. The second-order valence-corrected chi connectivity index (χ2v) is 9.68. The van der Waals surface area contributed by atoms with Crippen LogP contribution in [0.1, 0.15) is 37.3 Å². The molecule has 2 N–H and O–H groups in total. The highest BCUT2D eigenvalue weighted by atomic mass is 35.5. The summed E-state index contributed by atoms with van der Waals surface area (Å²) in [5.74, 6) is 1.17. The van der Waals surface area contributed by atoms with E-state index < -0.39 is 0 Å². The van der Waals surface area contributed by atoms with Crippen LogP contribution in [0.25, 0.3) is 16.5 Å². The molecule has 1 aliphatic carbocycles. The zero-order valence-corrected chi connectivity index (χ0v) is 21.5. The van der Waals surface area contributed by atoms with Crippen LogP contribution < -0.4 is 15.4 Å². The molecule has 3 amide bonds. The van der Waals surface area contributed by atoms with E-state index in [1.165, 1.54) is 17.2 Å². The number of nitrogens with zero attached hydrogens (tertiary/aromatic N) is 2. The van der Waals surface area contributed by atoms with Gasteiger partial charge in [-0.3, -0.25) is 9.78 Å². The Bertz CT molecular complexity index is 1410. The van der Waals surface area contributed by atoms with Crippen molar-refractivity contribution in [3.05, 3.63) is 77.5 Å². The number of nitrogens with one attached hydrogen (secondary N) is 2. The highest BCUT2D eigenvalue weighted by molar-refractivity contribution is 6.33. The van der Waals surface area contributed by atoms with Crippen molar-refractivity contribution in [2.75, 3.05) is 18.4 Å². The molecule has 0 spiro atoms. The number of hydrogen-bond acceptors (Lipinski definition) is 4. The van der Waals surface area contributed by atoms with Crippen molar-refractivity contribution >= 4 is 45.7 Å². The zero-order valence-electron chi connectivity index (χ0n) is 20.7. The van der Waals surface area contributed by atoms with Gasteiger partial charge >= 0.3 is 6.03 Å². The van der Waals surface area contributed by atoms with Gasteiger partial charge in [0.15, 0.2) is 0 Å². The van der Waals surface area contributed by atoms with Crippen molar-refractivity contribution in [1.29, 1.82) is 0 Å². The molecule has 1 aromatic heterocycles. The second kappa shape index (κ2) is 10.6. The topological polar surface area (TPSA) is 83.6 Å². The van der Waals surface area contributed by atoms with Crippen LogP contribution in [0.5, 0.6) is 11.5 Å². The van der Waals surface area contributed by atoms with Crippen LogP contribution in [0.2, 0.25) is 5.02 Å². The maximum absolute atomic E-state index is 12.1. The minimum absolute atomic E-state index is 0.0483. The molecule has 1 fully saturated rings. The minimum atomic E-state index is -0.258. The van der Waals surface area contributed by atoms with Gasteiger partial charge in [0.05, 0.1) is 16.2 Å². The summed E-state index contributed by atoms with van der Waals surface area (Å²) in [5.41, 5.74) is 4.94. The molecular formula is C29H29ClN4O3. The Hall–Kier alpha value is -3.84. The number of ether oxygens (including phenoxy) is 1. The SMILES string of the molecule is C=CC(=O)N1CC=C(c2cc3c(Oc4ccc(NC(=O)NC5CC5)c(Cl)c4)ccnc3cc2CC)CC1. The molecule has 8 heteroatoms. The van der Waals surface area contributed by atoms with Gasteiger partial charge in [-0.15, -0.1) is 0 Å². The molecule has 0 saturated heterocycles. The zero-order chi connectivity index (χ0) is 25.9. The van der Waals surface area contributed by atoms with Gasteiger partial charge in [0, 0.05) is 36.8 Å². The van der Waals surface area contributed by atoms with Crippen LogP contribution in [-0.4, -0.2) is 41.0 Å². The monoisotopic (exact) mass is 516 g/mol. The maximum Gasteiger partial charge on any atom is 0.319 e. The van der Waals surface area contributed by atoms with E-state index in [1.807, 2.05) is 6.07 Å². The summed E-state index contributed by atoms with van der Waals surface area (Å²) >= 11 is 6.44.